The van der Waals surface area contributed by atoms with Crippen molar-refractivity contribution in [3.8, 4) is 5.75 Å². The van der Waals surface area contributed by atoms with Crippen LogP contribution in [0.5, 0.6) is 5.75 Å². The van der Waals surface area contributed by atoms with Gasteiger partial charge in [0.1, 0.15) is 5.75 Å². The lowest BCUT2D eigenvalue weighted by molar-refractivity contribution is -0.135. The Bertz CT molecular complexity index is 783. The number of carbonyl (C=O) groups is 1. The summed E-state index contributed by atoms with van der Waals surface area (Å²) in [6.45, 7) is 6.06. The van der Waals surface area contributed by atoms with E-state index in [9.17, 15) is 4.79 Å². The van der Waals surface area contributed by atoms with Gasteiger partial charge in [0.05, 0.1) is 8.95 Å². The van der Waals surface area contributed by atoms with Crippen LogP contribution in [0.4, 0.5) is 0 Å². The second-order valence-corrected chi connectivity index (χ2v) is 8.77. The van der Waals surface area contributed by atoms with E-state index in [1.807, 2.05) is 48.2 Å². The minimum absolute atomic E-state index is 0.0144. The first kappa shape index (κ1) is 20.6. The summed E-state index contributed by atoms with van der Waals surface area (Å²) in [7, 11) is 0. The van der Waals surface area contributed by atoms with E-state index in [2.05, 4.69) is 36.8 Å². The van der Waals surface area contributed by atoms with E-state index in [1.54, 1.807) is 0 Å². The number of piperazine rings is 1. The van der Waals surface area contributed by atoms with Crippen molar-refractivity contribution < 1.29 is 9.53 Å². The third-order valence-corrected chi connectivity index (χ3v) is 5.96. The van der Waals surface area contributed by atoms with E-state index >= 15 is 0 Å². The zero-order chi connectivity index (χ0) is 19.4. The molecule has 1 heterocycles. The molecule has 0 radical (unpaired) electrons. The number of halogens is 3. The fourth-order valence-electron chi connectivity index (χ4n) is 3.05. The van der Waals surface area contributed by atoms with Gasteiger partial charge in [0, 0.05) is 37.7 Å². The fraction of sp³-hybridized carbons (Fsp3) is 0.350. The lowest BCUT2D eigenvalue weighted by atomic mass is 10.2. The molecule has 1 amide bonds. The number of nitrogens with zero attached hydrogens (tertiary/aromatic N) is 2. The maximum Gasteiger partial charge on any atom is 0.260 e. The molecule has 1 aliphatic rings. The molecule has 3 rings (SSSR count). The molecule has 2 aromatic rings. The minimum atomic E-state index is 0.0144. The molecule has 0 aromatic heterocycles. The Morgan fingerprint density at radius 3 is 2.26 bits per heavy atom. The second kappa shape index (κ2) is 9.41. The zero-order valence-corrected chi connectivity index (χ0v) is 19.0. The van der Waals surface area contributed by atoms with Gasteiger partial charge in [-0.1, -0.05) is 23.7 Å². The molecule has 7 heteroatoms. The molecular weight excluding hydrogens is 495 g/mol. The molecule has 1 fully saturated rings. The van der Waals surface area contributed by atoms with Crippen molar-refractivity contribution in [3.63, 3.8) is 0 Å². The lowest BCUT2D eigenvalue weighted by Crippen LogP contribution is -2.49. The third-order valence-electron chi connectivity index (χ3n) is 4.53. The summed E-state index contributed by atoms with van der Waals surface area (Å²) in [5.74, 6) is 0.677. The van der Waals surface area contributed by atoms with Gasteiger partial charge in [0.2, 0.25) is 0 Å². The largest absolute Gasteiger partial charge is 0.481 e. The predicted molar refractivity (Wildman–Crippen MR) is 115 cm³/mol. The van der Waals surface area contributed by atoms with Crippen LogP contribution in [0.2, 0.25) is 5.02 Å². The van der Waals surface area contributed by atoms with Crippen LogP contribution in [-0.4, -0.2) is 48.5 Å². The van der Waals surface area contributed by atoms with Gasteiger partial charge >= 0.3 is 0 Å². The van der Waals surface area contributed by atoms with Gasteiger partial charge in [-0.3, -0.25) is 9.69 Å². The van der Waals surface area contributed by atoms with Crippen LogP contribution in [0, 0.1) is 6.92 Å². The molecule has 0 aliphatic carbocycles. The number of ether oxygens (including phenoxy) is 1. The van der Waals surface area contributed by atoms with E-state index in [0.717, 1.165) is 39.2 Å². The topological polar surface area (TPSA) is 32.8 Å². The van der Waals surface area contributed by atoms with Crippen LogP contribution in [0.25, 0.3) is 0 Å². The molecule has 0 bridgehead atoms. The summed E-state index contributed by atoms with van der Waals surface area (Å²) in [5.41, 5.74) is 2.35. The SMILES string of the molecule is Cc1cc(Br)c(OCC(=O)N2CCN(Cc3ccc(Cl)cc3)CC2)c(Br)c1. The normalized spacial score (nSPS) is 15.0. The number of hydrogen-bond acceptors (Lipinski definition) is 3. The second-order valence-electron chi connectivity index (χ2n) is 6.63. The van der Waals surface area contributed by atoms with Crippen molar-refractivity contribution >= 4 is 49.4 Å². The van der Waals surface area contributed by atoms with E-state index < -0.39 is 0 Å². The van der Waals surface area contributed by atoms with Gasteiger partial charge in [0.15, 0.2) is 6.61 Å². The fourth-order valence-corrected chi connectivity index (χ4v) is 4.82. The van der Waals surface area contributed by atoms with Gasteiger partial charge in [-0.25, -0.2) is 0 Å². The first-order chi connectivity index (χ1) is 12.9. The Hall–Kier alpha value is -1.08. The van der Waals surface area contributed by atoms with E-state index in [1.165, 1.54) is 5.56 Å². The van der Waals surface area contributed by atoms with Crippen molar-refractivity contribution in [2.24, 2.45) is 0 Å². The molecule has 0 unspecified atom stereocenters. The summed E-state index contributed by atoms with van der Waals surface area (Å²) in [5, 5.41) is 0.751. The predicted octanol–water partition coefficient (Wildman–Crippen LogP) is 4.90. The number of amides is 1. The molecule has 1 saturated heterocycles. The molecule has 0 spiro atoms. The molecule has 0 saturated carbocycles. The van der Waals surface area contributed by atoms with Crippen LogP contribution in [0.3, 0.4) is 0 Å². The Morgan fingerprint density at radius 1 is 1.07 bits per heavy atom. The monoisotopic (exact) mass is 514 g/mol. The highest BCUT2D eigenvalue weighted by molar-refractivity contribution is 9.11. The average molecular weight is 517 g/mol. The van der Waals surface area contributed by atoms with Crippen LogP contribution in [0.15, 0.2) is 45.3 Å². The highest BCUT2D eigenvalue weighted by Crippen LogP contribution is 2.34. The van der Waals surface area contributed by atoms with Gasteiger partial charge in [-0.05, 0) is 74.2 Å². The molecule has 27 heavy (non-hydrogen) atoms. The molecule has 0 N–H and O–H groups in total. The molecule has 2 aromatic carbocycles. The van der Waals surface area contributed by atoms with E-state index in [0.29, 0.717) is 18.8 Å². The summed E-state index contributed by atoms with van der Waals surface area (Å²) < 4.78 is 7.45. The summed E-state index contributed by atoms with van der Waals surface area (Å²) in [6, 6.07) is 11.9. The summed E-state index contributed by atoms with van der Waals surface area (Å²) >= 11 is 12.9. The van der Waals surface area contributed by atoms with Crippen LogP contribution in [-0.2, 0) is 11.3 Å². The van der Waals surface area contributed by atoms with Crippen molar-refractivity contribution in [2.45, 2.75) is 13.5 Å². The van der Waals surface area contributed by atoms with E-state index in [-0.39, 0.29) is 12.5 Å². The smallest absolute Gasteiger partial charge is 0.260 e. The van der Waals surface area contributed by atoms with Crippen molar-refractivity contribution in [2.75, 3.05) is 32.8 Å². The highest BCUT2D eigenvalue weighted by Gasteiger charge is 2.22. The van der Waals surface area contributed by atoms with Gasteiger partial charge in [-0.15, -0.1) is 0 Å². The minimum Gasteiger partial charge on any atom is -0.481 e. The Kier molecular flexibility index (Phi) is 7.20. The maximum absolute atomic E-state index is 12.5. The number of carbonyl (C=O) groups excluding carboxylic acids is 1. The lowest BCUT2D eigenvalue weighted by Gasteiger charge is -2.34. The Labute approximate surface area is 181 Å². The Morgan fingerprint density at radius 2 is 1.67 bits per heavy atom. The quantitative estimate of drug-likeness (QED) is 0.567. The average Bonchev–Trinajstić information content (AvgIpc) is 2.63. The number of benzene rings is 2. The van der Waals surface area contributed by atoms with Gasteiger partial charge in [0.25, 0.3) is 5.91 Å². The van der Waals surface area contributed by atoms with E-state index in [4.69, 9.17) is 16.3 Å². The first-order valence-electron chi connectivity index (χ1n) is 8.75. The highest BCUT2D eigenvalue weighted by atomic mass is 79.9. The molecule has 144 valence electrons. The van der Waals surface area contributed by atoms with Gasteiger partial charge < -0.3 is 9.64 Å². The number of hydrogen-bond donors (Lipinski definition) is 0. The maximum atomic E-state index is 12.5. The molecule has 0 atom stereocenters. The molecular formula is C20H21Br2ClN2O2. The van der Waals surface area contributed by atoms with Crippen LogP contribution < -0.4 is 4.74 Å². The standard InChI is InChI=1S/C20H21Br2ClN2O2/c1-14-10-17(21)20(18(22)11-14)27-13-19(26)25-8-6-24(7-9-25)12-15-2-4-16(23)5-3-15/h2-5,10-11H,6-9,12-13H2,1H3. The zero-order valence-electron chi connectivity index (χ0n) is 15.1. The third kappa shape index (κ3) is 5.70. The summed E-state index contributed by atoms with van der Waals surface area (Å²) in [6.07, 6.45) is 0. The van der Waals surface area contributed by atoms with Crippen molar-refractivity contribution in [1.29, 1.82) is 0 Å². The first-order valence-corrected chi connectivity index (χ1v) is 10.7. The van der Waals surface area contributed by atoms with Crippen molar-refractivity contribution in [1.82, 2.24) is 9.80 Å². The summed E-state index contributed by atoms with van der Waals surface area (Å²) in [4.78, 5) is 16.7. The number of rotatable bonds is 5. The molecule has 4 nitrogen and oxygen atoms in total. The van der Waals surface area contributed by atoms with Crippen molar-refractivity contribution in [3.05, 3.63) is 61.5 Å². The van der Waals surface area contributed by atoms with Crippen LogP contribution >= 0.6 is 43.5 Å². The van der Waals surface area contributed by atoms with Crippen LogP contribution in [0.1, 0.15) is 11.1 Å². The Balaban J connectivity index is 1.48. The molecule has 1 aliphatic heterocycles. The van der Waals surface area contributed by atoms with Gasteiger partial charge in [-0.2, -0.15) is 0 Å². The number of aryl methyl sites for hydroxylation is 1.